The highest BCUT2D eigenvalue weighted by Gasteiger charge is 2.06. The van der Waals surface area contributed by atoms with E-state index in [-0.39, 0.29) is 0 Å². The molecule has 1 aromatic carbocycles. The SMILES string of the molecule is CCc1nsc2cccc(Br)c12. The Kier molecular flexibility index (Phi) is 2.15. The Morgan fingerprint density at radius 2 is 2.33 bits per heavy atom. The molecule has 0 aliphatic rings. The molecule has 0 saturated heterocycles. The minimum atomic E-state index is 1.00. The van der Waals surface area contributed by atoms with Crippen LogP contribution in [0.2, 0.25) is 0 Å². The molecule has 0 spiro atoms. The summed E-state index contributed by atoms with van der Waals surface area (Å²) in [6.45, 7) is 2.13. The topological polar surface area (TPSA) is 12.9 Å². The molecule has 0 saturated carbocycles. The summed E-state index contributed by atoms with van der Waals surface area (Å²) >= 11 is 5.11. The van der Waals surface area contributed by atoms with Gasteiger partial charge in [0.1, 0.15) is 0 Å². The van der Waals surface area contributed by atoms with Crippen LogP contribution in [0.1, 0.15) is 12.6 Å². The summed E-state index contributed by atoms with van der Waals surface area (Å²) in [5.41, 5.74) is 1.20. The summed E-state index contributed by atoms with van der Waals surface area (Å²) in [7, 11) is 0. The average molecular weight is 242 g/mol. The maximum atomic E-state index is 4.39. The summed E-state index contributed by atoms with van der Waals surface area (Å²) in [5.74, 6) is 0. The zero-order chi connectivity index (χ0) is 8.55. The van der Waals surface area contributed by atoms with Gasteiger partial charge in [-0.15, -0.1) is 0 Å². The number of hydrogen-bond acceptors (Lipinski definition) is 2. The zero-order valence-corrected chi connectivity index (χ0v) is 9.08. The fourth-order valence-corrected chi connectivity index (χ4v) is 2.87. The standard InChI is InChI=1S/C9H8BrNS/c1-2-7-9-6(10)4-3-5-8(9)12-11-7/h3-5H,2H2,1H3. The Balaban J connectivity index is 2.83. The highest BCUT2D eigenvalue weighted by Crippen LogP contribution is 2.29. The molecule has 2 rings (SSSR count). The van der Waals surface area contributed by atoms with Crippen molar-refractivity contribution in [2.75, 3.05) is 0 Å². The van der Waals surface area contributed by atoms with Gasteiger partial charge in [0.15, 0.2) is 0 Å². The van der Waals surface area contributed by atoms with Crippen LogP contribution in [0, 0.1) is 0 Å². The summed E-state index contributed by atoms with van der Waals surface area (Å²) in [6.07, 6.45) is 1.00. The first-order valence-electron chi connectivity index (χ1n) is 3.85. The molecule has 0 atom stereocenters. The molecule has 0 amide bonds. The third-order valence-corrected chi connectivity index (χ3v) is 3.36. The Morgan fingerprint density at radius 3 is 3.08 bits per heavy atom. The molecule has 0 aliphatic carbocycles. The summed E-state index contributed by atoms with van der Waals surface area (Å²) < 4.78 is 6.81. The van der Waals surface area contributed by atoms with Crippen LogP contribution in [-0.2, 0) is 6.42 Å². The third-order valence-electron chi connectivity index (χ3n) is 1.85. The Bertz CT molecular complexity index is 408. The van der Waals surface area contributed by atoms with Gasteiger partial charge in [0, 0.05) is 9.86 Å². The molecule has 0 radical (unpaired) electrons. The number of benzene rings is 1. The van der Waals surface area contributed by atoms with E-state index in [9.17, 15) is 0 Å². The zero-order valence-electron chi connectivity index (χ0n) is 6.67. The van der Waals surface area contributed by atoms with Gasteiger partial charge in [0.25, 0.3) is 0 Å². The molecular weight excluding hydrogens is 234 g/mol. The van der Waals surface area contributed by atoms with Crippen LogP contribution in [0.3, 0.4) is 0 Å². The van der Waals surface area contributed by atoms with E-state index >= 15 is 0 Å². The molecule has 1 aromatic heterocycles. The maximum Gasteiger partial charge on any atom is 0.0629 e. The summed E-state index contributed by atoms with van der Waals surface area (Å²) in [5, 5.41) is 1.28. The van der Waals surface area contributed by atoms with Crippen LogP contribution < -0.4 is 0 Å². The van der Waals surface area contributed by atoms with Crippen molar-refractivity contribution in [3.63, 3.8) is 0 Å². The van der Waals surface area contributed by atoms with Gasteiger partial charge in [-0.05, 0) is 30.1 Å². The highest BCUT2D eigenvalue weighted by atomic mass is 79.9. The number of aromatic nitrogens is 1. The van der Waals surface area contributed by atoms with Crippen LogP contribution in [0.25, 0.3) is 10.1 Å². The van der Waals surface area contributed by atoms with Crippen LogP contribution in [0.4, 0.5) is 0 Å². The van der Waals surface area contributed by atoms with Gasteiger partial charge in [-0.3, -0.25) is 0 Å². The highest BCUT2D eigenvalue weighted by molar-refractivity contribution is 9.10. The summed E-state index contributed by atoms with van der Waals surface area (Å²) in [4.78, 5) is 0. The van der Waals surface area contributed by atoms with Crippen molar-refractivity contribution in [3.8, 4) is 0 Å². The maximum absolute atomic E-state index is 4.39. The van der Waals surface area contributed by atoms with Crippen molar-refractivity contribution >= 4 is 37.5 Å². The molecule has 12 heavy (non-hydrogen) atoms. The van der Waals surface area contributed by atoms with E-state index in [1.54, 1.807) is 11.5 Å². The van der Waals surface area contributed by atoms with Gasteiger partial charge in [0.05, 0.1) is 10.4 Å². The molecule has 1 nitrogen and oxygen atoms in total. The fourth-order valence-electron chi connectivity index (χ4n) is 1.25. The van der Waals surface area contributed by atoms with Gasteiger partial charge < -0.3 is 0 Å². The minimum absolute atomic E-state index is 1.00. The van der Waals surface area contributed by atoms with Crippen LogP contribution in [-0.4, -0.2) is 4.37 Å². The first kappa shape index (κ1) is 8.20. The van der Waals surface area contributed by atoms with Crippen molar-refractivity contribution < 1.29 is 0 Å². The van der Waals surface area contributed by atoms with Gasteiger partial charge in [0.2, 0.25) is 0 Å². The van der Waals surface area contributed by atoms with Crippen LogP contribution >= 0.6 is 27.5 Å². The largest absolute Gasteiger partial charge is 0.196 e. The van der Waals surface area contributed by atoms with E-state index in [1.807, 2.05) is 6.07 Å². The first-order valence-corrected chi connectivity index (χ1v) is 5.42. The molecule has 62 valence electrons. The Hall–Kier alpha value is -0.410. The van der Waals surface area contributed by atoms with Gasteiger partial charge in [-0.2, -0.15) is 4.37 Å². The summed E-state index contributed by atoms with van der Waals surface area (Å²) in [6, 6.07) is 6.22. The third kappa shape index (κ3) is 1.17. The lowest BCUT2D eigenvalue weighted by Crippen LogP contribution is -1.79. The quantitative estimate of drug-likeness (QED) is 0.744. The first-order chi connectivity index (χ1) is 5.83. The number of fused-ring (bicyclic) bond motifs is 1. The van der Waals surface area contributed by atoms with Crippen LogP contribution in [0.5, 0.6) is 0 Å². The normalized spacial score (nSPS) is 10.8. The van der Waals surface area contributed by atoms with E-state index in [4.69, 9.17) is 0 Å². The van der Waals surface area contributed by atoms with Crippen molar-refractivity contribution in [1.29, 1.82) is 0 Å². The minimum Gasteiger partial charge on any atom is -0.196 e. The molecular formula is C9H8BrNS. The number of aryl methyl sites for hydroxylation is 1. The van der Waals surface area contributed by atoms with Crippen molar-refractivity contribution in [2.45, 2.75) is 13.3 Å². The lowest BCUT2D eigenvalue weighted by molar-refractivity contribution is 1.10. The second kappa shape index (κ2) is 3.15. The molecule has 2 aromatic rings. The van der Waals surface area contributed by atoms with Crippen molar-refractivity contribution in [3.05, 3.63) is 28.4 Å². The average Bonchev–Trinajstić information content (AvgIpc) is 2.49. The van der Waals surface area contributed by atoms with Crippen LogP contribution in [0.15, 0.2) is 22.7 Å². The predicted octanol–water partition coefficient (Wildman–Crippen LogP) is 3.62. The van der Waals surface area contributed by atoms with E-state index in [0.29, 0.717) is 0 Å². The van der Waals surface area contributed by atoms with Gasteiger partial charge >= 0.3 is 0 Å². The molecule has 0 aliphatic heterocycles. The van der Waals surface area contributed by atoms with Gasteiger partial charge in [-0.1, -0.05) is 28.9 Å². The second-order valence-electron chi connectivity index (χ2n) is 2.60. The number of nitrogens with zero attached hydrogens (tertiary/aromatic N) is 1. The van der Waals surface area contributed by atoms with E-state index < -0.39 is 0 Å². The number of rotatable bonds is 1. The van der Waals surface area contributed by atoms with E-state index in [2.05, 4.69) is 39.4 Å². The van der Waals surface area contributed by atoms with E-state index in [0.717, 1.165) is 10.9 Å². The Labute approximate surface area is 83.7 Å². The van der Waals surface area contributed by atoms with Crippen molar-refractivity contribution in [1.82, 2.24) is 4.37 Å². The molecule has 0 N–H and O–H groups in total. The molecule has 3 heteroatoms. The van der Waals surface area contributed by atoms with Crippen molar-refractivity contribution in [2.24, 2.45) is 0 Å². The molecule has 0 fully saturated rings. The fraction of sp³-hybridized carbons (Fsp3) is 0.222. The molecule has 0 bridgehead atoms. The Morgan fingerprint density at radius 1 is 1.50 bits per heavy atom. The van der Waals surface area contributed by atoms with E-state index in [1.165, 1.54) is 15.8 Å². The smallest absolute Gasteiger partial charge is 0.0629 e. The predicted molar refractivity (Wildman–Crippen MR) is 56.7 cm³/mol. The lowest BCUT2D eigenvalue weighted by Gasteiger charge is -1.94. The molecule has 0 unspecified atom stereocenters. The van der Waals surface area contributed by atoms with Gasteiger partial charge in [-0.25, -0.2) is 0 Å². The number of hydrogen-bond donors (Lipinski definition) is 0. The second-order valence-corrected chi connectivity index (χ2v) is 4.26. The number of halogens is 1. The molecule has 1 heterocycles. The monoisotopic (exact) mass is 241 g/mol. The lowest BCUT2D eigenvalue weighted by atomic mass is 10.2.